The smallest absolute Gasteiger partial charge is 0.462 e. The van der Waals surface area contributed by atoms with E-state index in [1.54, 1.807) is 0 Å². The normalized spacial score (nSPS) is 18.2. The van der Waals surface area contributed by atoms with E-state index in [4.69, 9.17) is 23.8 Å². The number of unbranched alkanes of at least 4 members (excludes halogenated alkanes) is 8. The molecule has 0 saturated carbocycles. The molecule has 3 unspecified atom stereocenters. The maximum absolute atomic E-state index is 12.6. The van der Waals surface area contributed by atoms with Crippen LogP contribution in [0.5, 0.6) is 0 Å². The van der Waals surface area contributed by atoms with E-state index in [-0.39, 0.29) is 31.7 Å². The molecule has 0 radical (unpaired) electrons. The van der Waals surface area contributed by atoms with Crippen molar-refractivity contribution in [1.29, 1.82) is 0 Å². The highest BCUT2D eigenvalue weighted by Gasteiger charge is 2.36. The highest BCUT2D eigenvalue weighted by molar-refractivity contribution is 7.47. The second kappa shape index (κ2) is 37.1. The van der Waals surface area contributed by atoms with E-state index in [9.17, 15) is 24.2 Å². The van der Waals surface area contributed by atoms with E-state index in [0.29, 0.717) is 19.3 Å². The monoisotopic (exact) mass is 835 g/mol. The Hall–Kier alpha value is -2.89. The molecule has 0 amide bonds. The highest BCUT2D eigenvalue weighted by Crippen LogP contribution is 2.43. The molecule has 12 heteroatoms. The quantitative estimate of drug-likeness (QED) is 0.0178. The minimum absolute atomic E-state index is 0.136. The lowest BCUT2D eigenvalue weighted by molar-refractivity contribution is -0.161. The molecular formula is C46H75O11P. The van der Waals surface area contributed by atoms with Crippen LogP contribution < -0.4 is 0 Å². The van der Waals surface area contributed by atoms with Gasteiger partial charge >= 0.3 is 19.8 Å². The Morgan fingerprint density at radius 2 is 1.12 bits per heavy atom. The number of aliphatic hydroxyl groups excluding tert-OH is 2. The molecule has 11 nitrogen and oxygen atoms in total. The van der Waals surface area contributed by atoms with Crippen LogP contribution in [0, 0.1) is 0 Å². The molecule has 1 aliphatic heterocycles. The van der Waals surface area contributed by atoms with Crippen molar-refractivity contribution < 1.29 is 52.5 Å². The molecule has 0 aliphatic carbocycles. The summed E-state index contributed by atoms with van der Waals surface area (Å²) >= 11 is 0. The lowest BCUT2D eigenvalue weighted by atomic mass is 10.1. The molecule has 0 aromatic carbocycles. The number of ether oxygens (including phenoxy) is 3. The van der Waals surface area contributed by atoms with Crippen molar-refractivity contribution in [3.63, 3.8) is 0 Å². The molecule has 0 aromatic rings. The summed E-state index contributed by atoms with van der Waals surface area (Å²) in [4.78, 5) is 35.0. The summed E-state index contributed by atoms with van der Waals surface area (Å²) in [5, 5.41) is 18.3. The van der Waals surface area contributed by atoms with Crippen molar-refractivity contribution in [2.75, 3.05) is 26.4 Å². The summed E-state index contributed by atoms with van der Waals surface area (Å²) in [5.74, 6) is -1.04. The second-order valence-corrected chi connectivity index (χ2v) is 15.8. The Kier molecular flexibility index (Phi) is 34.0. The Labute approximate surface area is 349 Å². The fourth-order valence-electron chi connectivity index (χ4n) is 5.49. The van der Waals surface area contributed by atoms with E-state index < -0.39 is 51.8 Å². The van der Waals surface area contributed by atoms with E-state index in [1.165, 1.54) is 19.3 Å². The minimum Gasteiger partial charge on any atom is -0.462 e. The van der Waals surface area contributed by atoms with Gasteiger partial charge in [-0.1, -0.05) is 125 Å². The van der Waals surface area contributed by atoms with Gasteiger partial charge in [0, 0.05) is 12.8 Å². The molecule has 1 saturated heterocycles. The van der Waals surface area contributed by atoms with Crippen LogP contribution in [-0.4, -0.2) is 77.9 Å². The van der Waals surface area contributed by atoms with Gasteiger partial charge in [0.2, 0.25) is 0 Å². The van der Waals surface area contributed by atoms with Crippen molar-refractivity contribution in [1.82, 2.24) is 0 Å². The average molecular weight is 835 g/mol. The van der Waals surface area contributed by atoms with Crippen molar-refractivity contribution in [3.05, 3.63) is 85.1 Å². The van der Waals surface area contributed by atoms with Crippen LogP contribution in [-0.2, 0) is 37.4 Å². The van der Waals surface area contributed by atoms with Crippen LogP contribution in [0.2, 0.25) is 0 Å². The number of carbonyl (C=O) groups is 2. The van der Waals surface area contributed by atoms with Crippen LogP contribution in [0.15, 0.2) is 85.1 Å². The minimum atomic E-state index is -4.65. The predicted octanol–water partition coefficient (Wildman–Crippen LogP) is 10.4. The molecule has 5 atom stereocenters. The van der Waals surface area contributed by atoms with Gasteiger partial charge < -0.3 is 29.3 Å². The first-order valence-corrected chi connectivity index (χ1v) is 23.2. The summed E-state index contributed by atoms with van der Waals surface area (Å²) in [6.07, 6.45) is 45.8. The number of allylic oxidation sites excluding steroid dienone is 12. The molecule has 1 heterocycles. The number of hydrogen-bond acceptors (Lipinski definition) is 10. The van der Waals surface area contributed by atoms with Crippen LogP contribution >= 0.6 is 7.82 Å². The maximum atomic E-state index is 12.6. The van der Waals surface area contributed by atoms with E-state index in [0.717, 1.165) is 77.0 Å². The molecule has 330 valence electrons. The maximum Gasteiger partial charge on any atom is 0.472 e. The Morgan fingerprint density at radius 3 is 1.74 bits per heavy atom. The zero-order chi connectivity index (χ0) is 42.4. The number of aliphatic hydroxyl groups is 2. The molecule has 58 heavy (non-hydrogen) atoms. The van der Waals surface area contributed by atoms with Crippen LogP contribution in [0.1, 0.15) is 142 Å². The first-order valence-electron chi connectivity index (χ1n) is 21.7. The van der Waals surface area contributed by atoms with Gasteiger partial charge in [-0.3, -0.25) is 18.6 Å². The largest absolute Gasteiger partial charge is 0.472 e. The third-order valence-electron chi connectivity index (χ3n) is 8.94. The van der Waals surface area contributed by atoms with E-state index in [1.807, 2.05) is 6.08 Å². The van der Waals surface area contributed by atoms with Crippen molar-refractivity contribution in [2.45, 2.75) is 167 Å². The van der Waals surface area contributed by atoms with Crippen LogP contribution in [0.3, 0.4) is 0 Å². The molecule has 0 aromatic heterocycles. The number of hydrogen-bond donors (Lipinski definition) is 3. The molecule has 1 rings (SSSR count). The Morgan fingerprint density at radius 1 is 0.621 bits per heavy atom. The Bertz CT molecular complexity index is 1300. The van der Waals surface area contributed by atoms with Crippen molar-refractivity contribution in [3.8, 4) is 0 Å². The molecule has 1 fully saturated rings. The summed E-state index contributed by atoms with van der Waals surface area (Å²) in [6, 6.07) is 0. The fraction of sp³-hybridized carbons (Fsp3) is 0.652. The second-order valence-electron chi connectivity index (χ2n) is 14.4. The third kappa shape index (κ3) is 34.0. The molecule has 0 bridgehead atoms. The molecular weight excluding hydrogens is 759 g/mol. The lowest BCUT2D eigenvalue weighted by Crippen LogP contribution is -2.29. The van der Waals surface area contributed by atoms with Crippen LogP contribution in [0.25, 0.3) is 0 Å². The topological polar surface area (TPSA) is 161 Å². The number of phosphoric acid groups is 1. The fourth-order valence-corrected chi connectivity index (χ4v) is 6.28. The number of carbonyl (C=O) groups excluding carboxylic acids is 2. The SMILES string of the molecule is CC/C=C\C/C=C\C/C=C\C/C=C\CCCCCCC(=O)O[C@H](COC(=O)CCC/C=C\CC1OC1C/C=C\C/C=C\CCCCC)COP(=O)(O)OC[C@@H](O)CO. The van der Waals surface area contributed by atoms with Crippen LogP contribution in [0.4, 0.5) is 0 Å². The standard InChI is InChI=1S/C46H75O11P/c1-3-5-7-9-11-13-14-15-16-17-18-19-20-22-24-26-32-36-46(50)56-42(40-55-58(51,52)54-38-41(48)37-47)39-53-45(49)35-31-28-27-30-34-44-43(57-44)33-29-25-23-21-12-10-8-6-4-2/h5,7,11-13,15-16,18-19,21,25,27,29-30,41-44,47-48H,3-4,6,8-10,14,17,20,22-24,26,28,31-40H2,1-2H3,(H,51,52)/b7-5-,13-11-,16-15-,19-18-,21-12-,29-25-,30-27-/t41-,42+,43?,44?/m0/s1. The summed E-state index contributed by atoms with van der Waals surface area (Å²) in [6.45, 7) is 2.11. The predicted molar refractivity (Wildman–Crippen MR) is 232 cm³/mol. The Balaban J connectivity index is 2.33. The number of esters is 2. The summed E-state index contributed by atoms with van der Waals surface area (Å²) in [7, 11) is -4.65. The van der Waals surface area contributed by atoms with Gasteiger partial charge in [0.25, 0.3) is 0 Å². The first-order chi connectivity index (χ1) is 28.2. The third-order valence-corrected chi connectivity index (χ3v) is 9.89. The van der Waals surface area contributed by atoms with E-state index >= 15 is 0 Å². The van der Waals surface area contributed by atoms with E-state index in [2.05, 4.69) is 97.4 Å². The number of rotatable bonds is 38. The van der Waals surface area contributed by atoms with Gasteiger partial charge in [-0.2, -0.15) is 0 Å². The van der Waals surface area contributed by atoms with Gasteiger partial charge in [-0.05, 0) is 89.9 Å². The highest BCUT2D eigenvalue weighted by atomic mass is 31.2. The zero-order valence-electron chi connectivity index (χ0n) is 35.4. The molecule has 1 aliphatic rings. The van der Waals surface area contributed by atoms with Gasteiger partial charge in [0.05, 0.1) is 32.0 Å². The molecule has 0 spiro atoms. The van der Waals surface area contributed by atoms with Gasteiger partial charge in [-0.15, -0.1) is 0 Å². The van der Waals surface area contributed by atoms with Gasteiger partial charge in [-0.25, -0.2) is 4.57 Å². The van der Waals surface area contributed by atoms with Crippen molar-refractivity contribution in [2.24, 2.45) is 0 Å². The number of epoxide rings is 1. The van der Waals surface area contributed by atoms with Gasteiger partial charge in [0.15, 0.2) is 6.10 Å². The van der Waals surface area contributed by atoms with Gasteiger partial charge in [0.1, 0.15) is 12.7 Å². The lowest BCUT2D eigenvalue weighted by Gasteiger charge is -2.20. The summed E-state index contributed by atoms with van der Waals surface area (Å²) in [5.41, 5.74) is 0. The summed E-state index contributed by atoms with van der Waals surface area (Å²) < 4.78 is 38.4. The average Bonchev–Trinajstić information content (AvgIpc) is 3.97. The number of phosphoric ester groups is 1. The van der Waals surface area contributed by atoms with Crippen molar-refractivity contribution >= 4 is 19.8 Å². The molecule has 3 N–H and O–H groups in total. The zero-order valence-corrected chi connectivity index (χ0v) is 36.3. The first kappa shape index (κ1) is 53.1.